The van der Waals surface area contributed by atoms with E-state index in [0.29, 0.717) is 5.02 Å². The number of nitrogens with zero attached hydrogens (tertiary/aromatic N) is 1. The number of rotatable bonds is 2. The van der Waals surface area contributed by atoms with Crippen LogP contribution in [0.1, 0.15) is 5.69 Å². The van der Waals surface area contributed by atoms with Crippen molar-refractivity contribution in [2.24, 2.45) is 0 Å². The van der Waals surface area contributed by atoms with Crippen LogP contribution in [-0.2, 0) is 0 Å². The molecule has 0 aliphatic heterocycles. The predicted octanol–water partition coefficient (Wildman–Crippen LogP) is 4.30. The summed E-state index contributed by atoms with van der Waals surface area (Å²) in [6.45, 7) is 1.98. The van der Waals surface area contributed by atoms with E-state index in [1.807, 2.05) is 43.3 Å². The number of furan rings is 1. The molecule has 0 fully saturated rings. The zero-order valence-electron chi connectivity index (χ0n) is 9.77. The molecule has 0 unspecified atom stereocenters. The number of H-pyrrole nitrogens is 1. The van der Waals surface area contributed by atoms with Crippen molar-refractivity contribution in [3.63, 3.8) is 0 Å². The van der Waals surface area contributed by atoms with Crippen molar-refractivity contribution < 1.29 is 4.42 Å². The quantitative estimate of drug-likeness (QED) is 0.745. The van der Waals surface area contributed by atoms with Gasteiger partial charge in [-0.3, -0.25) is 0 Å². The van der Waals surface area contributed by atoms with Crippen molar-refractivity contribution in [3.05, 3.63) is 53.4 Å². The van der Waals surface area contributed by atoms with Crippen LogP contribution in [0.5, 0.6) is 0 Å². The fourth-order valence-corrected chi connectivity index (χ4v) is 2.10. The first kappa shape index (κ1) is 11.1. The number of imidazole rings is 1. The smallest absolute Gasteiger partial charge is 0.174 e. The van der Waals surface area contributed by atoms with E-state index >= 15 is 0 Å². The number of benzene rings is 1. The number of hydrogen-bond acceptors (Lipinski definition) is 2. The molecule has 1 N–H and O–H groups in total. The minimum absolute atomic E-state index is 0.703. The third-order valence-corrected chi connectivity index (χ3v) is 2.97. The van der Waals surface area contributed by atoms with Gasteiger partial charge in [-0.1, -0.05) is 23.7 Å². The standard InChI is InChI=1S/C14H11ClN2O/c1-9-13(10-4-2-5-11(15)8-10)17-14(16-9)12-6-3-7-18-12/h2-8H,1H3,(H,16,17). The molecule has 3 nitrogen and oxygen atoms in total. The second kappa shape index (κ2) is 4.35. The van der Waals surface area contributed by atoms with Gasteiger partial charge in [0.2, 0.25) is 0 Å². The Morgan fingerprint density at radius 2 is 2.11 bits per heavy atom. The Kier molecular flexibility index (Phi) is 2.68. The van der Waals surface area contributed by atoms with Crippen LogP contribution in [0.15, 0.2) is 47.1 Å². The molecule has 0 saturated carbocycles. The van der Waals surface area contributed by atoms with Gasteiger partial charge in [0, 0.05) is 16.3 Å². The average Bonchev–Trinajstić information content (AvgIpc) is 2.97. The molecule has 2 aromatic heterocycles. The minimum Gasteiger partial charge on any atom is -0.461 e. The largest absolute Gasteiger partial charge is 0.461 e. The van der Waals surface area contributed by atoms with Crippen molar-refractivity contribution >= 4 is 11.6 Å². The lowest BCUT2D eigenvalue weighted by Crippen LogP contribution is -1.80. The zero-order chi connectivity index (χ0) is 12.5. The van der Waals surface area contributed by atoms with E-state index in [0.717, 1.165) is 28.5 Å². The number of aromatic amines is 1. The van der Waals surface area contributed by atoms with Crippen LogP contribution < -0.4 is 0 Å². The summed E-state index contributed by atoms with van der Waals surface area (Å²) in [7, 11) is 0. The van der Waals surface area contributed by atoms with Crippen LogP contribution >= 0.6 is 11.6 Å². The highest BCUT2D eigenvalue weighted by molar-refractivity contribution is 6.30. The van der Waals surface area contributed by atoms with Crippen LogP contribution in [0.2, 0.25) is 5.02 Å². The maximum Gasteiger partial charge on any atom is 0.174 e. The first-order valence-corrected chi connectivity index (χ1v) is 5.98. The summed E-state index contributed by atoms with van der Waals surface area (Å²) < 4.78 is 5.33. The predicted molar refractivity (Wildman–Crippen MR) is 71.5 cm³/mol. The molecule has 1 aromatic carbocycles. The molecule has 2 heterocycles. The Balaban J connectivity index is 2.09. The molecule has 0 atom stereocenters. The van der Waals surface area contributed by atoms with Gasteiger partial charge in [-0.25, -0.2) is 4.98 Å². The molecule has 3 aromatic rings. The summed E-state index contributed by atoms with van der Waals surface area (Å²) in [6.07, 6.45) is 1.63. The Morgan fingerprint density at radius 3 is 2.83 bits per heavy atom. The summed E-state index contributed by atoms with van der Waals surface area (Å²) in [5.74, 6) is 1.46. The Labute approximate surface area is 109 Å². The lowest BCUT2D eigenvalue weighted by atomic mass is 10.1. The lowest BCUT2D eigenvalue weighted by Gasteiger charge is -1.98. The van der Waals surface area contributed by atoms with E-state index < -0.39 is 0 Å². The molecule has 0 spiro atoms. The van der Waals surface area contributed by atoms with E-state index in [-0.39, 0.29) is 0 Å². The summed E-state index contributed by atoms with van der Waals surface area (Å²) in [4.78, 5) is 7.77. The number of aromatic nitrogens is 2. The summed E-state index contributed by atoms with van der Waals surface area (Å²) in [6, 6.07) is 11.4. The van der Waals surface area contributed by atoms with E-state index in [1.165, 1.54) is 0 Å². The van der Waals surface area contributed by atoms with Gasteiger partial charge in [0.15, 0.2) is 11.6 Å². The number of aryl methyl sites for hydroxylation is 1. The highest BCUT2D eigenvalue weighted by atomic mass is 35.5. The lowest BCUT2D eigenvalue weighted by molar-refractivity contribution is 0.578. The maximum atomic E-state index is 6.00. The fourth-order valence-electron chi connectivity index (χ4n) is 1.91. The molecular formula is C14H11ClN2O. The van der Waals surface area contributed by atoms with Crippen molar-refractivity contribution in [2.75, 3.05) is 0 Å². The first-order chi connectivity index (χ1) is 8.74. The van der Waals surface area contributed by atoms with Crippen molar-refractivity contribution in [3.8, 4) is 22.8 Å². The number of halogens is 1. The molecule has 0 saturated heterocycles. The second-order valence-corrected chi connectivity index (χ2v) is 4.48. The van der Waals surface area contributed by atoms with E-state index in [4.69, 9.17) is 16.0 Å². The van der Waals surface area contributed by atoms with Gasteiger partial charge >= 0.3 is 0 Å². The Hall–Kier alpha value is -2.00. The molecule has 18 heavy (non-hydrogen) atoms. The molecule has 90 valence electrons. The Morgan fingerprint density at radius 1 is 1.22 bits per heavy atom. The van der Waals surface area contributed by atoms with Gasteiger partial charge in [-0.2, -0.15) is 0 Å². The van der Waals surface area contributed by atoms with E-state index in [9.17, 15) is 0 Å². The minimum atomic E-state index is 0.703. The Bertz CT molecular complexity index is 671. The monoisotopic (exact) mass is 258 g/mol. The molecule has 0 amide bonds. The molecular weight excluding hydrogens is 248 g/mol. The summed E-state index contributed by atoms with van der Waals surface area (Å²) in [5.41, 5.74) is 2.88. The molecule has 3 rings (SSSR count). The molecule has 0 aliphatic carbocycles. The van der Waals surface area contributed by atoms with Crippen LogP contribution in [0.4, 0.5) is 0 Å². The first-order valence-electron chi connectivity index (χ1n) is 5.60. The van der Waals surface area contributed by atoms with Crippen LogP contribution in [-0.4, -0.2) is 9.97 Å². The molecule has 0 bridgehead atoms. The van der Waals surface area contributed by atoms with Crippen molar-refractivity contribution in [1.82, 2.24) is 9.97 Å². The van der Waals surface area contributed by atoms with Gasteiger partial charge < -0.3 is 9.40 Å². The van der Waals surface area contributed by atoms with Crippen molar-refractivity contribution in [1.29, 1.82) is 0 Å². The topological polar surface area (TPSA) is 41.8 Å². The van der Waals surface area contributed by atoms with Crippen LogP contribution in [0, 0.1) is 6.92 Å². The molecule has 0 radical (unpaired) electrons. The summed E-state index contributed by atoms with van der Waals surface area (Å²) in [5, 5.41) is 0.703. The normalized spacial score (nSPS) is 10.8. The van der Waals surface area contributed by atoms with E-state index in [1.54, 1.807) is 6.26 Å². The highest BCUT2D eigenvalue weighted by Crippen LogP contribution is 2.27. The van der Waals surface area contributed by atoms with Gasteiger partial charge in [0.05, 0.1) is 12.0 Å². The van der Waals surface area contributed by atoms with Gasteiger partial charge in [0.25, 0.3) is 0 Å². The zero-order valence-corrected chi connectivity index (χ0v) is 10.5. The maximum absolute atomic E-state index is 6.00. The SMILES string of the molecule is Cc1[nH]c(-c2ccco2)nc1-c1cccc(Cl)c1. The van der Waals surface area contributed by atoms with Gasteiger partial charge in [-0.15, -0.1) is 0 Å². The summed E-state index contributed by atoms with van der Waals surface area (Å²) >= 11 is 6.00. The van der Waals surface area contributed by atoms with Gasteiger partial charge in [-0.05, 0) is 31.2 Å². The highest BCUT2D eigenvalue weighted by Gasteiger charge is 2.12. The number of nitrogens with one attached hydrogen (secondary N) is 1. The van der Waals surface area contributed by atoms with Crippen molar-refractivity contribution in [2.45, 2.75) is 6.92 Å². The van der Waals surface area contributed by atoms with Gasteiger partial charge in [0.1, 0.15) is 0 Å². The third kappa shape index (κ3) is 1.93. The van der Waals surface area contributed by atoms with Crippen LogP contribution in [0.3, 0.4) is 0 Å². The number of hydrogen-bond donors (Lipinski definition) is 1. The fraction of sp³-hybridized carbons (Fsp3) is 0.0714. The molecule has 4 heteroatoms. The average molecular weight is 259 g/mol. The molecule has 0 aliphatic rings. The third-order valence-electron chi connectivity index (χ3n) is 2.74. The van der Waals surface area contributed by atoms with Crippen LogP contribution in [0.25, 0.3) is 22.8 Å². The van der Waals surface area contributed by atoms with E-state index in [2.05, 4.69) is 9.97 Å². The second-order valence-electron chi connectivity index (χ2n) is 4.05.